The van der Waals surface area contributed by atoms with Crippen molar-refractivity contribution in [1.29, 1.82) is 0 Å². The number of pyridine rings is 1. The summed E-state index contributed by atoms with van der Waals surface area (Å²) >= 11 is 0. The Morgan fingerprint density at radius 1 is 1.07 bits per heavy atom. The Morgan fingerprint density at radius 2 is 1.83 bits per heavy atom. The molecule has 0 radical (unpaired) electrons. The zero-order valence-electron chi connectivity index (χ0n) is 16.6. The largest absolute Gasteiger partial charge is 0.340 e. The Morgan fingerprint density at radius 3 is 2.55 bits per heavy atom. The van der Waals surface area contributed by atoms with Gasteiger partial charge in [-0.05, 0) is 37.0 Å². The zero-order chi connectivity index (χ0) is 20.0. The van der Waals surface area contributed by atoms with E-state index in [1.54, 1.807) is 6.07 Å². The predicted molar refractivity (Wildman–Crippen MR) is 110 cm³/mol. The molecule has 0 N–H and O–H groups in total. The number of fused-ring (bicyclic) bond motifs is 5. The van der Waals surface area contributed by atoms with Crippen LogP contribution in [0.3, 0.4) is 0 Å². The summed E-state index contributed by atoms with van der Waals surface area (Å²) in [6.45, 7) is 3.65. The van der Waals surface area contributed by atoms with Crippen LogP contribution in [0.15, 0.2) is 47.3 Å². The van der Waals surface area contributed by atoms with Gasteiger partial charge in [0, 0.05) is 36.8 Å². The molecule has 29 heavy (non-hydrogen) atoms. The minimum absolute atomic E-state index is 0.0435. The van der Waals surface area contributed by atoms with E-state index in [1.807, 2.05) is 39.8 Å². The monoisotopic (exact) mass is 391 g/mol. The molecule has 0 unspecified atom stereocenters. The van der Waals surface area contributed by atoms with Crippen molar-refractivity contribution in [2.45, 2.75) is 44.7 Å². The van der Waals surface area contributed by atoms with Gasteiger partial charge in [0.25, 0.3) is 5.56 Å². The molecule has 5 rings (SSSR count). The number of hydrogen-bond donors (Lipinski definition) is 0. The third-order valence-electron chi connectivity index (χ3n) is 6.34. The normalized spacial score (nSPS) is 23.2. The van der Waals surface area contributed by atoms with Crippen molar-refractivity contribution in [2.75, 3.05) is 13.1 Å². The van der Waals surface area contributed by atoms with E-state index in [9.17, 15) is 9.59 Å². The topological polar surface area (TPSA) is 73.0 Å². The van der Waals surface area contributed by atoms with E-state index in [0.29, 0.717) is 19.0 Å². The van der Waals surface area contributed by atoms with Gasteiger partial charge in [0.1, 0.15) is 17.6 Å². The van der Waals surface area contributed by atoms with E-state index in [2.05, 4.69) is 23.2 Å². The summed E-state index contributed by atoms with van der Waals surface area (Å²) in [6, 6.07) is 13.4. The molecule has 3 atom stereocenters. The molecule has 0 saturated carbocycles. The molecule has 2 aromatic heterocycles. The Labute approximate surface area is 168 Å². The van der Waals surface area contributed by atoms with Crippen LogP contribution in [0.4, 0.5) is 0 Å². The van der Waals surface area contributed by atoms with Crippen molar-refractivity contribution >= 4 is 16.9 Å². The van der Waals surface area contributed by atoms with Crippen molar-refractivity contribution in [3.8, 4) is 0 Å². The Balaban J connectivity index is 1.41. The Bertz CT molecular complexity index is 1080. The molecule has 2 bridgehead atoms. The van der Waals surface area contributed by atoms with Gasteiger partial charge in [-0.3, -0.25) is 9.59 Å². The summed E-state index contributed by atoms with van der Waals surface area (Å²) in [5, 5.41) is 8.85. The van der Waals surface area contributed by atoms with E-state index in [-0.39, 0.29) is 30.0 Å². The number of rotatable bonds is 4. The van der Waals surface area contributed by atoms with Gasteiger partial charge in [-0.1, -0.05) is 31.5 Å². The fourth-order valence-electron chi connectivity index (χ4n) is 5.11. The van der Waals surface area contributed by atoms with Crippen molar-refractivity contribution < 1.29 is 4.79 Å². The van der Waals surface area contributed by atoms with Crippen molar-refractivity contribution in [3.63, 3.8) is 0 Å². The molecule has 4 heterocycles. The standard InChI is InChI=1S/C22H25N5O2/c1-2-6-19-15-11-16(20-9-5-10-21(28)27(19)20)13-25(12-15)22(29)14-26-23-17-7-3-4-8-18(17)24-26/h3-5,7-10,15-16,19H,2,6,11-14H2,1H3/t15-,16+,19-/m0/s1. The van der Waals surface area contributed by atoms with E-state index in [4.69, 9.17) is 0 Å². The van der Waals surface area contributed by atoms with Crippen LogP contribution in [0.25, 0.3) is 11.0 Å². The second-order valence-corrected chi connectivity index (χ2v) is 8.23. The summed E-state index contributed by atoms with van der Waals surface area (Å²) in [5.74, 6) is 0.571. The van der Waals surface area contributed by atoms with Crippen LogP contribution in [-0.2, 0) is 11.3 Å². The Kier molecular flexibility index (Phi) is 4.45. The lowest BCUT2D eigenvalue weighted by atomic mass is 9.77. The molecule has 7 nitrogen and oxygen atoms in total. The molecular weight excluding hydrogens is 366 g/mol. The number of nitrogens with zero attached hydrogens (tertiary/aromatic N) is 5. The maximum Gasteiger partial charge on any atom is 0.250 e. The zero-order valence-corrected chi connectivity index (χ0v) is 16.6. The highest BCUT2D eigenvalue weighted by Crippen LogP contribution is 2.42. The minimum Gasteiger partial charge on any atom is -0.340 e. The average Bonchev–Trinajstić information content (AvgIpc) is 3.13. The lowest BCUT2D eigenvalue weighted by Crippen LogP contribution is -2.51. The lowest BCUT2D eigenvalue weighted by Gasteiger charge is -2.47. The molecule has 2 aliphatic heterocycles. The van der Waals surface area contributed by atoms with Gasteiger partial charge in [0.05, 0.1) is 0 Å². The molecular formula is C22H25N5O2. The fraction of sp³-hybridized carbons (Fsp3) is 0.455. The summed E-state index contributed by atoms with van der Waals surface area (Å²) in [4.78, 5) is 29.1. The summed E-state index contributed by atoms with van der Waals surface area (Å²) in [5.41, 5.74) is 2.76. The minimum atomic E-state index is 0.0435. The molecule has 0 spiro atoms. The van der Waals surface area contributed by atoms with E-state index in [0.717, 1.165) is 36.0 Å². The van der Waals surface area contributed by atoms with Crippen LogP contribution in [0.2, 0.25) is 0 Å². The first-order valence-corrected chi connectivity index (χ1v) is 10.4. The van der Waals surface area contributed by atoms with Gasteiger partial charge in [-0.2, -0.15) is 15.0 Å². The smallest absolute Gasteiger partial charge is 0.250 e. The quantitative estimate of drug-likeness (QED) is 0.685. The SMILES string of the molecule is CCC[C@H]1[C@H]2C[C@H](CN(C(=O)Cn3nc4ccccc4n3)C2)c2cccc(=O)n21. The van der Waals surface area contributed by atoms with Crippen LogP contribution < -0.4 is 5.56 Å². The number of carbonyl (C=O) groups is 1. The van der Waals surface area contributed by atoms with Crippen LogP contribution in [0, 0.1) is 5.92 Å². The predicted octanol–water partition coefficient (Wildman–Crippen LogP) is 2.58. The van der Waals surface area contributed by atoms with Crippen LogP contribution in [0.5, 0.6) is 0 Å². The van der Waals surface area contributed by atoms with Crippen molar-refractivity contribution in [1.82, 2.24) is 24.5 Å². The number of hydrogen-bond acceptors (Lipinski definition) is 4. The number of amides is 1. The van der Waals surface area contributed by atoms with Gasteiger partial charge in [-0.25, -0.2) is 0 Å². The van der Waals surface area contributed by atoms with Crippen LogP contribution in [-0.4, -0.2) is 43.5 Å². The molecule has 1 amide bonds. The number of piperidine rings is 1. The first-order valence-electron chi connectivity index (χ1n) is 10.4. The summed E-state index contributed by atoms with van der Waals surface area (Å²) < 4.78 is 2.01. The maximum atomic E-state index is 13.1. The number of benzene rings is 1. The van der Waals surface area contributed by atoms with Gasteiger partial charge in [-0.15, -0.1) is 0 Å². The van der Waals surface area contributed by atoms with Crippen LogP contribution >= 0.6 is 0 Å². The number of likely N-dealkylation sites (tertiary alicyclic amines) is 1. The highest BCUT2D eigenvalue weighted by molar-refractivity contribution is 5.77. The highest BCUT2D eigenvalue weighted by Gasteiger charge is 2.41. The molecule has 1 aromatic carbocycles. The highest BCUT2D eigenvalue weighted by atomic mass is 16.2. The molecule has 150 valence electrons. The van der Waals surface area contributed by atoms with Crippen molar-refractivity contribution in [2.24, 2.45) is 5.92 Å². The molecule has 0 aliphatic carbocycles. The first-order chi connectivity index (χ1) is 14.1. The van der Waals surface area contributed by atoms with E-state index in [1.165, 1.54) is 4.80 Å². The van der Waals surface area contributed by atoms with E-state index >= 15 is 0 Å². The second kappa shape index (κ2) is 7.13. The number of aromatic nitrogens is 4. The molecule has 3 aromatic rings. The molecule has 2 aliphatic rings. The van der Waals surface area contributed by atoms with Gasteiger partial charge in [0.2, 0.25) is 5.91 Å². The third-order valence-corrected chi connectivity index (χ3v) is 6.34. The van der Waals surface area contributed by atoms with Gasteiger partial charge in [0.15, 0.2) is 0 Å². The summed E-state index contributed by atoms with van der Waals surface area (Å²) in [7, 11) is 0. The van der Waals surface area contributed by atoms with Gasteiger partial charge < -0.3 is 9.47 Å². The third kappa shape index (κ3) is 3.14. The Hall–Kier alpha value is -2.96. The first kappa shape index (κ1) is 18.1. The number of carbonyl (C=O) groups excluding carboxylic acids is 1. The summed E-state index contributed by atoms with van der Waals surface area (Å²) in [6.07, 6.45) is 3.02. The van der Waals surface area contributed by atoms with Crippen LogP contribution in [0.1, 0.15) is 43.8 Å². The fourth-order valence-corrected chi connectivity index (χ4v) is 5.11. The maximum absolute atomic E-state index is 13.1. The van der Waals surface area contributed by atoms with Gasteiger partial charge >= 0.3 is 0 Å². The van der Waals surface area contributed by atoms with E-state index < -0.39 is 0 Å². The second-order valence-electron chi connectivity index (χ2n) is 8.23. The molecule has 1 fully saturated rings. The molecule has 7 heteroatoms. The molecule has 1 saturated heterocycles. The average molecular weight is 391 g/mol. The van der Waals surface area contributed by atoms with Crippen molar-refractivity contribution in [3.05, 3.63) is 58.5 Å². The lowest BCUT2D eigenvalue weighted by molar-refractivity contribution is -0.135.